The summed E-state index contributed by atoms with van der Waals surface area (Å²) < 4.78 is 0. The second kappa shape index (κ2) is 14.5. The van der Waals surface area contributed by atoms with Crippen molar-refractivity contribution in [1.82, 2.24) is 35.9 Å². The van der Waals surface area contributed by atoms with Crippen molar-refractivity contribution in [2.24, 2.45) is 17.4 Å². The van der Waals surface area contributed by atoms with Crippen molar-refractivity contribution in [3.05, 3.63) is 36.4 Å². The number of hydrogen-bond acceptors (Lipinski definition) is 8. The summed E-state index contributed by atoms with van der Waals surface area (Å²) in [6.45, 7) is 3.70. The molecule has 4 atom stereocenters. The van der Waals surface area contributed by atoms with Crippen molar-refractivity contribution in [2.75, 3.05) is 0 Å². The van der Waals surface area contributed by atoms with Crippen LogP contribution in [0.3, 0.4) is 0 Å². The van der Waals surface area contributed by atoms with Crippen molar-refractivity contribution in [3.63, 3.8) is 0 Å². The number of carbonyl (C=O) groups is 5. The lowest BCUT2D eigenvalue weighted by Crippen LogP contribution is -2.58. The summed E-state index contributed by atoms with van der Waals surface area (Å²) in [5, 5.41) is 17.3. The maximum absolute atomic E-state index is 13.2. The Morgan fingerprint density at radius 2 is 1.37 bits per heavy atom. The van der Waals surface area contributed by atoms with Gasteiger partial charge in [-0.25, -0.2) is 14.8 Å². The highest BCUT2D eigenvalue weighted by molar-refractivity contribution is 5.94. The summed E-state index contributed by atoms with van der Waals surface area (Å²) in [6.07, 6.45) is 5.78. The number of hydrogen-bond donors (Lipinski definition) is 8. The number of nitrogens with one attached hydrogen (secondary N) is 5. The molecule has 4 unspecified atom stereocenters. The molecule has 0 aromatic carbocycles. The predicted octanol–water partition coefficient (Wildman–Crippen LogP) is -1.90. The first-order chi connectivity index (χ1) is 18.0. The molecule has 15 heteroatoms. The summed E-state index contributed by atoms with van der Waals surface area (Å²) in [5.41, 5.74) is 12.0. The van der Waals surface area contributed by atoms with Crippen LogP contribution in [0.4, 0.5) is 0 Å². The predicted molar refractivity (Wildman–Crippen MR) is 134 cm³/mol. The minimum absolute atomic E-state index is 0.00888. The molecule has 0 fully saturated rings. The van der Waals surface area contributed by atoms with Gasteiger partial charge in [0, 0.05) is 43.0 Å². The summed E-state index contributed by atoms with van der Waals surface area (Å²) in [7, 11) is 0. The minimum atomic E-state index is -1.29. The van der Waals surface area contributed by atoms with Crippen molar-refractivity contribution in [1.29, 1.82) is 0 Å². The average Bonchev–Trinajstić information content (AvgIpc) is 3.55. The van der Waals surface area contributed by atoms with Gasteiger partial charge >= 0.3 is 5.97 Å². The Hall–Kier alpha value is -4.27. The zero-order valence-electron chi connectivity index (χ0n) is 21.3. The van der Waals surface area contributed by atoms with Crippen molar-refractivity contribution < 1.29 is 29.1 Å². The lowest BCUT2D eigenvalue weighted by molar-refractivity contribution is -0.142. The number of amides is 4. The van der Waals surface area contributed by atoms with Gasteiger partial charge in [-0.3, -0.25) is 19.2 Å². The first-order valence-corrected chi connectivity index (χ1v) is 12.1. The van der Waals surface area contributed by atoms with Crippen LogP contribution >= 0.6 is 0 Å². The fraction of sp³-hybridized carbons (Fsp3) is 0.522. The molecule has 10 N–H and O–H groups in total. The third kappa shape index (κ3) is 10.0. The maximum Gasteiger partial charge on any atom is 0.326 e. The molecule has 208 valence electrons. The second-order valence-electron chi connectivity index (χ2n) is 9.32. The van der Waals surface area contributed by atoms with E-state index in [9.17, 15) is 29.1 Å². The Balaban J connectivity index is 2.17. The molecule has 0 saturated heterocycles. The van der Waals surface area contributed by atoms with Gasteiger partial charge in [-0.1, -0.05) is 13.8 Å². The van der Waals surface area contributed by atoms with Crippen LogP contribution in [-0.4, -0.2) is 78.8 Å². The first kappa shape index (κ1) is 30.0. The summed E-state index contributed by atoms with van der Waals surface area (Å²) in [6, 6.07) is -4.59. The number of nitrogens with zero attached hydrogens (tertiary/aromatic N) is 2. The molecule has 0 bridgehead atoms. The van der Waals surface area contributed by atoms with Crippen LogP contribution in [0.15, 0.2) is 25.0 Å². The van der Waals surface area contributed by atoms with Crippen molar-refractivity contribution in [3.8, 4) is 0 Å². The fourth-order valence-corrected chi connectivity index (χ4v) is 3.60. The molecule has 2 aromatic heterocycles. The Bertz CT molecular complexity index is 1070. The number of carboxylic acids is 1. The number of imidazole rings is 2. The van der Waals surface area contributed by atoms with E-state index in [2.05, 4.69) is 35.9 Å². The van der Waals surface area contributed by atoms with Gasteiger partial charge in [0.25, 0.3) is 0 Å². The number of aromatic nitrogens is 4. The maximum atomic E-state index is 13.2. The molecule has 15 nitrogen and oxygen atoms in total. The Morgan fingerprint density at radius 3 is 1.84 bits per heavy atom. The molecule has 2 rings (SSSR count). The van der Waals surface area contributed by atoms with Gasteiger partial charge in [-0.15, -0.1) is 0 Å². The van der Waals surface area contributed by atoms with Crippen LogP contribution in [0.1, 0.15) is 44.5 Å². The highest BCUT2D eigenvalue weighted by Crippen LogP contribution is 2.09. The van der Waals surface area contributed by atoms with E-state index in [1.54, 1.807) is 0 Å². The minimum Gasteiger partial charge on any atom is -0.480 e. The number of carbonyl (C=O) groups excluding carboxylic acids is 4. The molecular formula is C23H35N9O6. The van der Waals surface area contributed by atoms with E-state index in [0.717, 1.165) is 0 Å². The highest BCUT2D eigenvalue weighted by Gasteiger charge is 2.31. The SMILES string of the molecule is CC(C)CC(NC(=O)C(N)CCC(N)=O)C(=O)NC(Cc1cnc[nH]1)C(=O)NC(Cc1cnc[nH]1)C(=O)O. The molecule has 0 aliphatic rings. The van der Waals surface area contributed by atoms with Gasteiger partial charge in [0.1, 0.15) is 18.1 Å². The average molecular weight is 534 g/mol. The summed E-state index contributed by atoms with van der Waals surface area (Å²) >= 11 is 0. The number of carboxylic acid groups (broad SMARTS) is 1. The first-order valence-electron chi connectivity index (χ1n) is 12.1. The topological polar surface area (TPSA) is 251 Å². The monoisotopic (exact) mass is 533 g/mol. The Morgan fingerprint density at radius 1 is 0.868 bits per heavy atom. The molecule has 0 aliphatic carbocycles. The van der Waals surface area contributed by atoms with E-state index >= 15 is 0 Å². The molecular weight excluding hydrogens is 498 g/mol. The van der Waals surface area contributed by atoms with Gasteiger partial charge in [-0.05, 0) is 18.8 Å². The van der Waals surface area contributed by atoms with Crippen molar-refractivity contribution >= 4 is 29.6 Å². The zero-order chi connectivity index (χ0) is 28.2. The van der Waals surface area contributed by atoms with Gasteiger partial charge in [0.15, 0.2) is 0 Å². The van der Waals surface area contributed by atoms with E-state index < -0.39 is 53.8 Å². The third-order valence-electron chi connectivity index (χ3n) is 5.58. The molecule has 38 heavy (non-hydrogen) atoms. The number of nitrogens with two attached hydrogens (primary N) is 2. The quantitative estimate of drug-likeness (QED) is 0.120. The van der Waals surface area contributed by atoms with Crippen LogP contribution in [0, 0.1) is 5.92 Å². The van der Waals surface area contributed by atoms with E-state index in [-0.39, 0.29) is 38.0 Å². The summed E-state index contributed by atoms with van der Waals surface area (Å²) in [5.74, 6) is -3.94. The van der Waals surface area contributed by atoms with E-state index in [1.807, 2.05) is 13.8 Å². The molecule has 2 heterocycles. The second-order valence-corrected chi connectivity index (χ2v) is 9.32. The number of aromatic amines is 2. The lowest BCUT2D eigenvalue weighted by atomic mass is 10.0. The number of H-pyrrole nitrogens is 2. The number of aliphatic carboxylic acids is 1. The van der Waals surface area contributed by atoms with E-state index in [1.165, 1.54) is 25.0 Å². The van der Waals surface area contributed by atoms with E-state index in [0.29, 0.717) is 11.4 Å². The van der Waals surface area contributed by atoms with Crippen molar-refractivity contribution in [2.45, 2.75) is 70.1 Å². The van der Waals surface area contributed by atoms with Crippen LogP contribution < -0.4 is 27.4 Å². The van der Waals surface area contributed by atoms with Gasteiger partial charge in [0.05, 0.1) is 18.7 Å². The Kier molecular flexibility index (Phi) is 11.4. The molecule has 0 aliphatic heterocycles. The largest absolute Gasteiger partial charge is 0.480 e. The normalized spacial score (nSPS) is 14.2. The smallest absolute Gasteiger partial charge is 0.326 e. The standard InChI is InChI=1S/C23H35N9O6/c1-12(2)5-16(30-20(34)15(24)3-4-19(25)33)21(35)31-17(6-13-8-26-10-28-13)22(36)32-18(23(37)38)7-14-9-27-11-29-14/h8-12,15-18H,3-7,24H2,1-2H3,(H2,25,33)(H,26,28)(H,27,29)(H,30,34)(H,31,35)(H,32,36)(H,37,38). The van der Waals surface area contributed by atoms with Crippen LogP contribution in [-0.2, 0) is 36.8 Å². The molecule has 0 saturated carbocycles. The molecule has 0 radical (unpaired) electrons. The molecule has 0 spiro atoms. The highest BCUT2D eigenvalue weighted by atomic mass is 16.4. The number of primary amides is 1. The number of rotatable bonds is 16. The molecule has 2 aromatic rings. The zero-order valence-corrected chi connectivity index (χ0v) is 21.3. The van der Waals surface area contributed by atoms with Gasteiger partial charge in [-0.2, -0.15) is 0 Å². The van der Waals surface area contributed by atoms with E-state index in [4.69, 9.17) is 11.5 Å². The third-order valence-corrected chi connectivity index (χ3v) is 5.58. The van der Waals surface area contributed by atoms with Gasteiger partial charge < -0.3 is 42.5 Å². The fourth-order valence-electron chi connectivity index (χ4n) is 3.60. The summed E-state index contributed by atoms with van der Waals surface area (Å²) in [4.78, 5) is 75.2. The Labute approximate surface area is 218 Å². The van der Waals surface area contributed by atoms with Crippen LogP contribution in [0.25, 0.3) is 0 Å². The van der Waals surface area contributed by atoms with Gasteiger partial charge in [0.2, 0.25) is 23.6 Å². The van der Waals surface area contributed by atoms with Crippen LogP contribution in [0.5, 0.6) is 0 Å². The lowest BCUT2D eigenvalue weighted by Gasteiger charge is -2.26. The molecule has 4 amide bonds. The van der Waals surface area contributed by atoms with Crippen LogP contribution in [0.2, 0.25) is 0 Å².